The van der Waals surface area contributed by atoms with Crippen molar-refractivity contribution in [2.45, 2.75) is 26.1 Å². The van der Waals surface area contributed by atoms with Crippen LogP contribution >= 0.6 is 0 Å². The zero-order valence-corrected chi connectivity index (χ0v) is 14.9. The number of anilines is 1. The van der Waals surface area contributed by atoms with Crippen molar-refractivity contribution in [1.29, 1.82) is 0 Å². The molecule has 0 heterocycles. The fourth-order valence-corrected chi connectivity index (χ4v) is 2.25. The molecule has 0 bridgehead atoms. The van der Waals surface area contributed by atoms with Gasteiger partial charge in [-0.1, -0.05) is 6.07 Å². The smallest absolute Gasteiger partial charge is 0.416 e. The maximum absolute atomic E-state index is 12.7. The average Bonchev–Trinajstić information content (AvgIpc) is 2.61. The SMILES string of the molecule is COc1cc(C(C)=O)ccc1O[C@H](C)C(=O)Nc1cccc(C(F)(F)F)c1. The van der Waals surface area contributed by atoms with Gasteiger partial charge in [0.05, 0.1) is 12.7 Å². The second kappa shape index (κ2) is 8.11. The Hall–Kier alpha value is -3.03. The topological polar surface area (TPSA) is 64.6 Å². The summed E-state index contributed by atoms with van der Waals surface area (Å²) in [5, 5.41) is 2.38. The van der Waals surface area contributed by atoms with Crippen LogP contribution in [0.2, 0.25) is 0 Å². The lowest BCUT2D eigenvalue weighted by molar-refractivity contribution is -0.137. The number of nitrogens with one attached hydrogen (secondary N) is 1. The average molecular weight is 381 g/mol. The molecule has 0 unspecified atom stereocenters. The molecule has 0 fully saturated rings. The van der Waals surface area contributed by atoms with Gasteiger partial charge < -0.3 is 14.8 Å². The number of hydrogen-bond acceptors (Lipinski definition) is 4. The minimum atomic E-state index is -4.51. The van der Waals surface area contributed by atoms with Gasteiger partial charge in [-0.15, -0.1) is 0 Å². The largest absolute Gasteiger partial charge is 0.493 e. The van der Waals surface area contributed by atoms with Crippen molar-refractivity contribution >= 4 is 17.4 Å². The van der Waals surface area contributed by atoms with Crippen LogP contribution in [0.25, 0.3) is 0 Å². The number of Topliss-reactive ketones (excluding diaryl/α,β-unsaturated/α-hetero) is 1. The number of methoxy groups -OCH3 is 1. The fourth-order valence-electron chi connectivity index (χ4n) is 2.25. The molecule has 144 valence electrons. The molecule has 1 amide bonds. The van der Waals surface area contributed by atoms with Gasteiger partial charge in [0.25, 0.3) is 5.91 Å². The molecule has 0 aromatic heterocycles. The van der Waals surface area contributed by atoms with Crippen LogP contribution in [0.4, 0.5) is 18.9 Å². The molecule has 2 aromatic carbocycles. The second-order valence-corrected chi connectivity index (χ2v) is 5.75. The predicted molar refractivity (Wildman–Crippen MR) is 93.2 cm³/mol. The number of rotatable bonds is 6. The number of amides is 1. The van der Waals surface area contributed by atoms with E-state index in [1.54, 1.807) is 0 Å². The van der Waals surface area contributed by atoms with Gasteiger partial charge in [0.1, 0.15) is 0 Å². The van der Waals surface area contributed by atoms with Crippen LogP contribution in [-0.4, -0.2) is 24.9 Å². The third kappa shape index (κ3) is 5.22. The number of benzene rings is 2. The number of ketones is 1. The zero-order valence-electron chi connectivity index (χ0n) is 14.9. The van der Waals surface area contributed by atoms with Crippen LogP contribution in [-0.2, 0) is 11.0 Å². The summed E-state index contributed by atoms with van der Waals surface area (Å²) in [6.07, 6.45) is -5.52. The summed E-state index contributed by atoms with van der Waals surface area (Å²) in [4.78, 5) is 23.7. The highest BCUT2D eigenvalue weighted by Gasteiger charge is 2.30. The maximum atomic E-state index is 12.7. The first kappa shape index (κ1) is 20.3. The highest BCUT2D eigenvalue weighted by atomic mass is 19.4. The van der Waals surface area contributed by atoms with E-state index in [1.807, 2.05) is 0 Å². The molecule has 0 aliphatic rings. The Kier molecular flexibility index (Phi) is 6.09. The molecule has 2 rings (SSSR count). The molecule has 27 heavy (non-hydrogen) atoms. The van der Waals surface area contributed by atoms with Crippen LogP contribution < -0.4 is 14.8 Å². The summed E-state index contributed by atoms with van der Waals surface area (Å²) in [5.74, 6) is -0.294. The quantitative estimate of drug-likeness (QED) is 0.757. The lowest BCUT2D eigenvalue weighted by atomic mass is 10.1. The van der Waals surface area contributed by atoms with Gasteiger partial charge in [0, 0.05) is 11.3 Å². The number of halogens is 3. The highest BCUT2D eigenvalue weighted by molar-refractivity contribution is 5.95. The number of carbonyl (C=O) groups excluding carboxylic acids is 2. The summed E-state index contributed by atoms with van der Waals surface area (Å²) < 4.78 is 48.9. The first-order valence-corrected chi connectivity index (χ1v) is 7.95. The second-order valence-electron chi connectivity index (χ2n) is 5.75. The van der Waals surface area contributed by atoms with E-state index in [0.717, 1.165) is 12.1 Å². The van der Waals surface area contributed by atoms with Crippen LogP contribution in [0.15, 0.2) is 42.5 Å². The lowest BCUT2D eigenvalue weighted by Gasteiger charge is -2.17. The number of ether oxygens (including phenoxy) is 2. The molecular formula is C19H18F3NO4. The van der Waals surface area contributed by atoms with Crippen LogP contribution in [0.3, 0.4) is 0 Å². The molecule has 0 aliphatic heterocycles. The van der Waals surface area contributed by atoms with E-state index in [1.165, 1.54) is 51.3 Å². The van der Waals surface area contributed by atoms with Crippen LogP contribution in [0, 0.1) is 0 Å². The van der Waals surface area contributed by atoms with Gasteiger partial charge >= 0.3 is 6.18 Å². The van der Waals surface area contributed by atoms with Crippen LogP contribution in [0.5, 0.6) is 11.5 Å². The van der Waals surface area contributed by atoms with Crippen molar-refractivity contribution in [2.75, 3.05) is 12.4 Å². The van der Waals surface area contributed by atoms with Gasteiger partial charge in [-0.2, -0.15) is 13.2 Å². The highest BCUT2D eigenvalue weighted by Crippen LogP contribution is 2.31. The molecule has 0 saturated carbocycles. The molecule has 0 radical (unpaired) electrons. The number of carbonyl (C=O) groups is 2. The molecule has 8 heteroatoms. The molecule has 0 saturated heterocycles. The minimum Gasteiger partial charge on any atom is -0.493 e. The first-order valence-electron chi connectivity index (χ1n) is 7.95. The Morgan fingerprint density at radius 1 is 1.07 bits per heavy atom. The van der Waals surface area contributed by atoms with E-state index in [2.05, 4.69) is 5.32 Å². The minimum absolute atomic E-state index is 0.00386. The molecule has 1 atom stereocenters. The number of hydrogen-bond donors (Lipinski definition) is 1. The van der Waals surface area contributed by atoms with E-state index < -0.39 is 23.8 Å². The van der Waals surface area contributed by atoms with Crippen molar-refractivity contribution in [3.05, 3.63) is 53.6 Å². The normalized spacial score (nSPS) is 12.2. The van der Waals surface area contributed by atoms with E-state index in [-0.39, 0.29) is 23.0 Å². The Morgan fingerprint density at radius 3 is 2.37 bits per heavy atom. The Balaban J connectivity index is 2.11. The Morgan fingerprint density at radius 2 is 1.78 bits per heavy atom. The molecule has 5 nitrogen and oxygen atoms in total. The van der Waals surface area contributed by atoms with Gasteiger partial charge in [0.2, 0.25) is 0 Å². The van der Waals surface area contributed by atoms with Crippen molar-refractivity contribution < 1.29 is 32.2 Å². The molecule has 0 aliphatic carbocycles. The molecule has 2 aromatic rings. The summed E-state index contributed by atoms with van der Waals surface area (Å²) in [6, 6.07) is 8.80. The van der Waals surface area contributed by atoms with Crippen molar-refractivity contribution in [3.63, 3.8) is 0 Å². The monoisotopic (exact) mass is 381 g/mol. The maximum Gasteiger partial charge on any atom is 0.416 e. The zero-order chi connectivity index (χ0) is 20.2. The Bertz CT molecular complexity index is 849. The van der Waals surface area contributed by atoms with Crippen molar-refractivity contribution in [1.82, 2.24) is 0 Å². The molecule has 1 N–H and O–H groups in total. The Labute approximate surface area is 154 Å². The lowest BCUT2D eigenvalue weighted by Crippen LogP contribution is -2.30. The summed E-state index contributed by atoms with van der Waals surface area (Å²) >= 11 is 0. The van der Waals surface area contributed by atoms with E-state index >= 15 is 0 Å². The standard InChI is InChI=1S/C19H18F3NO4/c1-11(24)13-7-8-16(17(9-13)26-3)27-12(2)18(25)23-15-6-4-5-14(10-15)19(20,21)22/h4-10,12H,1-3H3,(H,23,25)/t12-/m1/s1. The third-order valence-corrected chi connectivity index (χ3v) is 3.70. The summed E-state index contributed by atoms with van der Waals surface area (Å²) in [6.45, 7) is 2.85. The molecule has 0 spiro atoms. The van der Waals surface area contributed by atoms with E-state index in [9.17, 15) is 22.8 Å². The van der Waals surface area contributed by atoms with Gasteiger partial charge in [-0.25, -0.2) is 0 Å². The first-order chi connectivity index (χ1) is 12.6. The predicted octanol–water partition coefficient (Wildman–Crippen LogP) is 4.32. The van der Waals surface area contributed by atoms with Gasteiger partial charge in [-0.05, 0) is 50.2 Å². The van der Waals surface area contributed by atoms with Crippen molar-refractivity contribution in [3.8, 4) is 11.5 Å². The summed E-state index contributed by atoms with van der Waals surface area (Å²) in [7, 11) is 1.39. The van der Waals surface area contributed by atoms with Gasteiger partial charge in [0.15, 0.2) is 23.4 Å². The van der Waals surface area contributed by atoms with Crippen LogP contribution in [0.1, 0.15) is 29.8 Å². The van der Waals surface area contributed by atoms with E-state index in [4.69, 9.17) is 9.47 Å². The third-order valence-electron chi connectivity index (χ3n) is 3.70. The molecular weight excluding hydrogens is 363 g/mol. The fraction of sp³-hybridized carbons (Fsp3) is 0.263. The number of alkyl halides is 3. The van der Waals surface area contributed by atoms with Crippen molar-refractivity contribution in [2.24, 2.45) is 0 Å². The summed E-state index contributed by atoms with van der Waals surface area (Å²) in [5.41, 5.74) is -0.445. The van der Waals surface area contributed by atoms with E-state index in [0.29, 0.717) is 5.56 Å². The van der Waals surface area contributed by atoms with Gasteiger partial charge in [-0.3, -0.25) is 9.59 Å².